The molecular weight excluding hydrogens is 281 g/mol. The molecule has 1 heterocycles. The number of hydrogen-bond donors (Lipinski definition) is 2. The van der Waals surface area contributed by atoms with E-state index in [1.54, 1.807) is 13.0 Å². The lowest BCUT2D eigenvalue weighted by molar-refractivity contribution is 0.261. The van der Waals surface area contributed by atoms with Crippen LogP contribution >= 0.6 is 0 Å². The summed E-state index contributed by atoms with van der Waals surface area (Å²) in [5, 5.41) is 8.50. The number of carbonyl (C=O) groups is 1. The predicted molar refractivity (Wildman–Crippen MR) is 73.4 cm³/mol. The fourth-order valence-corrected chi connectivity index (χ4v) is 1.65. The van der Waals surface area contributed by atoms with Crippen molar-refractivity contribution in [3.63, 3.8) is 0 Å². The average molecular weight is 295 g/mol. The Bertz CT molecular complexity index is 657. The minimum Gasteiger partial charge on any atom is -0.494 e. The van der Waals surface area contributed by atoms with Gasteiger partial charge < -0.3 is 19.3 Å². The molecule has 0 fully saturated rings. The topological polar surface area (TPSA) is 85.6 Å². The number of hydrogen-bond acceptors (Lipinski definition) is 5. The van der Waals surface area contributed by atoms with Crippen molar-refractivity contribution in [2.24, 2.45) is 0 Å². The second-order valence-corrected chi connectivity index (χ2v) is 4.10. The standard InChI is InChI=1S/C13H14FN3O4/c1-7-4-12(21-17-7)16-13(18)15-9-5-8(14)10(19-2)6-11(9)20-3/h4-6H,1-3H3,(H2,15,16,18). The van der Waals surface area contributed by atoms with Crippen LogP contribution in [0.5, 0.6) is 11.5 Å². The van der Waals surface area contributed by atoms with Crippen LogP contribution in [0.4, 0.5) is 20.8 Å². The van der Waals surface area contributed by atoms with Gasteiger partial charge in [-0.1, -0.05) is 5.16 Å². The van der Waals surface area contributed by atoms with Crippen molar-refractivity contribution >= 4 is 17.6 Å². The van der Waals surface area contributed by atoms with Crippen molar-refractivity contribution in [3.8, 4) is 11.5 Å². The molecule has 112 valence electrons. The van der Waals surface area contributed by atoms with Crippen molar-refractivity contribution in [2.75, 3.05) is 24.9 Å². The van der Waals surface area contributed by atoms with E-state index in [2.05, 4.69) is 15.8 Å². The monoisotopic (exact) mass is 295 g/mol. The van der Waals surface area contributed by atoms with E-state index in [0.29, 0.717) is 5.69 Å². The number of methoxy groups -OCH3 is 2. The first-order valence-electron chi connectivity index (χ1n) is 5.96. The summed E-state index contributed by atoms with van der Waals surface area (Å²) in [5.74, 6) is -0.164. The zero-order valence-electron chi connectivity index (χ0n) is 11.7. The van der Waals surface area contributed by atoms with E-state index in [1.807, 2.05) is 0 Å². The highest BCUT2D eigenvalue weighted by molar-refractivity contribution is 5.99. The lowest BCUT2D eigenvalue weighted by Crippen LogP contribution is -2.19. The highest BCUT2D eigenvalue weighted by Gasteiger charge is 2.14. The molecule has 0 aliphatic heterocycles. The molecule has 8 heteroatoms. The molecule has 0 atom stereocenters. The van der Waals surface area contributed by atoms with Crippen LogP contribution in [0.15, 0.2) is 22.7 Å². The highest BCUT2D eigenvalue weighted by atomic mass is 19.1. The number of urea groups is 1. The normalized spacial score (nSPS) is 10.1. The summed E-state index contributed by atoms with van der Waals surface area (Å²) in [4.78, 5) is 11.8. The highest BCUT2D eigenvalue weighted by Crippen LogP contribution is 2.32. The number of benzene rings is 1. The molecule has 0 radical (unpaired) electrons. The molecule has 2 rings (SSSR count). The van der Waals surface area contributed by atoms with E-state index in [9.17, 15) is 9.18 Å². The number of ether oxygens (including phenoxy) is 2. The van der Waals surface area contributed by atoms with E-state index < -0.39 is 11.8 Å². The van der Waals surface area contributed by atoms with Crippen LogP contribution in [0.3, 0.4) is 0 Å². The van der Waals surface area contributed by atoms with E-state index in [1.165, 1.54) is 20.3 Å². The van der Waals surface area contributed by atoms with E-state index in [-0.39, 0.29) is 23.1 Å². The maximum atomic E-state index is 13.7. The molecule has 1 aromatic carbocycles. The van der Waals surface area contributed by atoms with Gasteiger partial charge in [-0.05, 0) is 6.92 Å². The number of nitrogens with zero attached hydrogens (tertiary/aromatic N) is 1. The Labute approximate surface area is 120 Å². The van der Waals surface area contributed by atoms with Crippen LogP contribution in [0.2, 0.25) is 0 Å². The largest absolute Gasteiger partial charge is 0.494 e. The van der Waals surface area contributed by atoms with Gasteiger partial charge in [-0.15, -0.1) is 0 Å². The Balaban J connectivity index is 2.14. The summed E-state index contributed by atoms with van der Waals surface area (Å²) in [5.41, 5.74) is 0.780. The first-order chi connectivity index (χ1) is 10.0. The second-order valence-electron chi connectivity index (χ2n) is 4.10. The lowest BCUT2D eigenvalue weighted by Gasteiger charge is -2.12. The third-order valence-corrected chi connectivity index (χ3v) is 2.59. The molecule has 21 heavy (non-hydrogen) atoms. The third kappa shape index (κ3) is 3.41. The van der Waals surface area contributed by atoms with E-state index >= 15 is 0 Å². The Morgan fingerprint density at radius 3 is 2.48 bits per heavy atom. The molecule has 0 saturated carbocycles. The molecule has 0 saturated heterocycles. The molecular formula is C13H14FN3O4. The maximum absolute atomic E-state index is 13.7. The lowest BCUT2D eigenvalue weighted by atomic mass is 10.2. The summed E-state index contributed by atoms with van der Waals surface area (Å²) < 4.78 is 28.4. The van der Waals surface area contributed by atoms with E-state index in [4.69, 9.17) is 14.0 Å². The van der Waals surface area contributed by atoms with Crippen molar-refractivity contribution in [3.05, 3.63) is 29.7 Å². The molecule has 2 aromatic rings. The van der Waals surface area contributed by atoms with Gasteiger partial charge in [0, 0.05) is 18.2 Å². The summed E-state index contributed by atoms with van der Waals surface area (Å²) in [6.45, 7) is 1.72. The molecule has 0 unspecified atom stereocenters. The van der Waals surface area contributed by atoms with Crippen LogP contribution in [0.1, 0.15) is 5.69 Å². The smallest absolute Gasteiger partial charge is 0.326 e. The first-order valence-corrected chi connectivity index (χ1v) is 5.96. The van der Waals surface area contributed by atoms with Crippen LogP contribution in [-0.4, -0.2) is 25.4 Å². The summed E-state index contributed by atoms with van der Waals surface area (Å²) >= 11 is 0. The number of aromatic nitrogens is 1. The average Bonchev–Trinajstić information content (AvgIpc) is 2.84. The summed E-state index contributed by atoms with van der Waals surface area (Å²) in [7, 11) is 2.74. The van der Waals surface area contributed by atoms with Gasteiger partial charge in [-0.2, -0.15) is 0 Å². The fraction of sp³-hybridized carbons (Fsp3) is 0.231. The maximum Gasteiger partial charge on any atom is 0.326 e. The quantitative estimate of drug-likeness (QED) is 0.905. The number of aryl methyl sites for hydroxylation is 1. The van der Waals surface area contributed by atoms with Crippen LogP contribution in [0, 0.1) is 12.7 Å². The zero-order valence-corrected chi connectivity index (χ0v) is 11.7. The van der Waals surface area contributed by atoms with Crippen molar-refractivity contribution in [2.45, 2.75) is 6.92 Å². The third-order valence-electron chi connectivity index (χ3n) is 2.59. The number of nitrogens with one attached hydrogen (secondary N) is 2. The molecule has 7 nitrogen and oxygen atoms in total. The first kappa shape index (κ1) is 14.6. The van der Waals surface area contributed by atoms with Gasteiger partial charge in [0.05, 0.1) is 25.6 Å². The summed E-state index contributed by atoms with van der Waals surface area (Å²) in [6.07, 6.45) is 0. The number of anilines is 2. The number of amides is 2. The van der Waals surface area contributed by atoms with Crippen LogP contribution in [-0.2, 0) is 0 Å². The van der Waals surface area contributed by atoms with Crippen molar-refractivity contribution in [1.82, 2.24) is 5.16 Å². The van der Waals surface area contributed by atoms with E-state index in [0.717, 1.165) is 6.07 Å². The fourth-order valence-electron chi connectivity index (χ4n) is 1.65. The van der Waals surface area contributed by atoms with Gasteiger partial charge in [-0.3, -0.25) is 5.32 Å². The minimum atomic E-state index is -0.621. The van der Waals surface area contributed by atoms with Crippen molar-refractivity contribution in [1.29, 1.82) is 0 Å². The van der Waals surface area contributed by atoms with Gasteiger partial charge in [-0.25, -0.2) is 9.18 Å². The molecule has 2 amide bonds. The molecule has 0 bridgehead atoms. The van der Waals surface area contributed by atoms with Gasteiger partial charge in [0.2, 0.25) is 5.88 Å². The van der Waals surface area contributed by atoms with Crippen LogP contribution in [0.25, 0.3) is 0 Å². The van der Waals surface area contributed by atoms with Crippen LogP contribution < -0.4 is 20.1 Å². The molecule has 0 aliphatic rings. The second kappa shape index (κ2) is 6.12. The number of rotatable bonds is 4. The number of carbonyl (C=O) groups excluding carboxylic acids is 1. The number of halogens is 1. The predicted octanol–water partition coefficient (Wildman–Crippen LogP) is 2.78. The van der Waals surface area contributed by atoms with Gasteiger partial charge in [0.15, 0.2) is 11.6 Å². The molecule has 1 aromatic heterocycles. The Morgan fingerprint density at radius 1 is 1.19 bits per heavy atom. The Kier molecular flexibility index (Phi) is 4.27. The van der Waals surface area contributed by atoms with Gasteiger partial charge in [0.25, 0.3) is 0 Å². The minimum absolute atomic E-state index is 0.0173. The van der Waals surface area contributed by atoms with Gasteiger partial charge >= 0.3 is 6.03 Å². The molecule has 0 aliphatic carbocycles. The molecule has 0 spiro atoms. The summed E-state index contributed by atoms with van der Waals surface area (Å²) in [6, 6.07) is 3.37. The van der Waals surface area contributed by atoms with Crippen molar-refractivity contribution < 1.29 is 23.2 Å². The molecule has 2 N–H and O–H groups in total. The Morgan fingerprint density at radius 2 is 1.90 bits per heavy atom. The SMILES string of the molecule is COc1cc(OC)c(NC(=O)Nc2cc(C)no2)cc1F. The Hall–Kier alpha value is -2.77. The van der Waals surface area contributed by atoms with Gasteiger partial charge in [0.1, 0.15) is 5.75 Å². The zero-order chi connectivity index (χ0) is 15.4.